The summed E-state index contributed by atoms with van der Waals surface area (Å²) < 4.78 is 12.7. The number of nitrogens with zero attached hydrogens (tertiary/aromatic N) is 1. The normalized spacial score (nSPS) is 26.2. The Bertz CT molecular complexity index is 974. The first-order valence-electron chi connectivity index (χ1n) is 9.43. The number of rotatable bonds is 4. The number of ether oxygens (including phenoxy) is 2. The molecule has 0 radical (unpaired) electrons. The molecule has 2 aromatic carbocycles. The monoisotopic (exact) mass is 518 g/mol. The third kappa shape index (κ3) is 3.75. The molecule has 1 amide bonds. The third-order valence-electron chi connectivity index (χ3n) is 5.84. The van der Waals surface area contributed by atoms with E-state index in [-0.39, 0.29) is 5.91 Å². The van der Waals surface area contributed by atoms with Gasteiger partial charge in [0.15, 0.2) is 0 Å². The molecule has 0 aromatic heterocycles. The molecule has 2 heterocycles. The largest absolute Gasteiger partial charge is 0.380 e. The highest BCUT2D eigenvalue weighted by Gasteiger charge is 2.44. The van der Waals surface area contributed by atoms with Crippen LogP contribution >= 0.6 is 31.9 Å². The van der Waals surface area contributed by atoms with Gasteiger partial charge in [0.25, 0.3) is 0 Å². The smallest absolute Gasteiger partial charge is 0.237 e. The number of benzene rings is 2. The Morgan fingerprint density at radius 3 is 2.45 bits per heavy atom. The van der Waals surface area contributed by atoms with Gasteiger partial charge in [-0.25, -0.2) is 0 Å². The number of carbonyl (C=O) groups excluding carboxylic acids is 1. The fourth-order valence-electron chi connectivity index (χ4n) is 3.99. The standard InChI is InChI=1S/C22H20Br2N2O3/c23-17-3-1-2-16(10-17)22(7-9-29-14-22)20(27)26-19-5-4-15(11-18(19)24)21(12-25)6-8-28-13-21/h1-5,10-11H,6-9,13-14H2,(H,26,27). The molecule has 2 saturated heterocycles. The molecule has 0 spiro atoms. The van der Waals surface area contributed by atoms with Crippen molar-refractivity contribution in [1.29, 1.82) is 5.26 Å². The minimum absolute atomic E-state index is 0.0965. The van der Waals surface area contributed by atoms with Crippen molar-refractivity contribution in [3.63, 3.8) is 0 Å². The summed E-state index contributed by atoms with van der Waals surface area (Å²) in [7, 11) is 0. The summed E-state index contributed by atoms with van der Waals surface area (Å²) in [6.45, 7) is 1.87. The van der Waals surface area contributed by atoms with Crippen molar-refractivity contribution in [2.45, 2.75) is 23.7 Å². The number of hydrogen-bond acceptors (Lipinski definition) is 4. The van der Waals surface area contributed by atoms with Crippen LogP contribution in [0.2, 0.25) is 0 Å². The lowest BCUT2D eigenvalue weighted by molar-refractivity contribution is -0.121. The van der Waals surface area contributed by atoms with Gasteiger partial charge in [0.05, 0.1) is 30.4 Å². The van der Waals surface area contributed by atoms with E-state index in [1.54, 1.807) is 0 Å². The molecule has 2 atom stereocenters. The number of halogens is 2. The first-order valence-corrected chi connectivity index (χ1v) is 11.0. The number of hydrogen-bond donors (Lipinski definition) is 1. The van der Waals surface area contributed by atoms with E-state index < -0.39 is 10.8 Å². The SMILES string of the molecule is N#CC1(c2ccc(NC(=O)C3(c4cccc(Br)c4)CCOC3)c(Br)c2)CCOC1. The van der Waals surface area contributed by atoms with Crippen molar-refractivity contribution in [1.82, 2.24) is 0 Å². The summed E-state index contributed by atoms with van der Waals surface area (Å²) in [6, 6.07) is 15.9. The highest BCUT2D eigenvalue weighted by molar-refractivity contribution is 9.10. The molecule has 29 heavy (non-hydrogen) atoms. The quantitative estimate of drug-likeness (QED) is 0.636. The van der Waals surface area contributed by atoms with Gasteiger partial charge in [-0.15, -0.1) is 0 Å². The molecule has 4 rings (SSSR count). The summed E-state index contributed by atoms with van der Waals surface area (Å²) in [5.41, 5.74) is 1.15. The Labute approximate surface area is 186 Å². The van der Waals surface area contributed by atoms with Gasteiger partial charge >= 0.3 is 0 Å². The maximum atomic E-state index is 13.4. The van der Waals surface area contributed by atoms with Gasteiger partial charge in [0.2, 0.25) is 5.91 Å². The first kappa shape index (κ1) is 20.5. The molecule has 5 nitrogen and oxygen atoms in total. The van der Waals surface area contributed by atoms with Crippen LogP contribution in [0.15, 0.2) is 51.4 Å². The van der Waals surface area contributed by atoms with E-state index in [0.29, 0.717) is 45.0 Å². The lowest BCUT2D eigenvalue weighted by atomic mass is 9.78. The highest BCUT2D eigenvalue weighted by Crippen LogP contribution is 2.39. The molecular formula is C22H20Br2N2O3. The lowest BCUT2D eigenvalue weighted by Gasteiger charge is -2.27. The summed E-state index contributed by atoms with van der Waals surface area (Å²) in [5.74, 6) is -0.0965. The molecule has 150 valence electrons. The molecule has 2 aromatic rings. The molecule has 1 N–H and O–H groups in total. The van der Waals surface area contributed by atoms with Gasteiger partial charge in [-0.1, -0.05) is 34.1 Å². The lowest BCUT2D eigenvalue weighted by Crippen LogP contribution is -2.41. The van der Waals surface area contributed by atoms with E-state index in [0.717, 1.165) is 20.1 Å². The zero-order valence-corrected chi connectivity index (χ0v) is 18.9. The van der Waals surface area contributed by atoms with E-state index in [1.807, 2.05) is 42.5 Å². The number of carbonyl (C=O) groups is 1. The maximum Gasteiger partial charge on any atom is 0.237 e. The van der Waals surface area contributed by atoms with Crippen molar-refractivity contribution in [3.05, 3.63) is 62.5 Å². The molecule has 2 aliphatic rings. The number of nitrogens with one attached hydrogen (secondary N) is 1. The Morgan fingerprint density at radius 1 is 1.03 bits per heavy atom. The van der Waals surface area contributed by atoms with Gasteiger partial charge < -0.3 is 14.8 Å². The van der Waals surface area contributed by atoms with Crippen LogP contribution in [0.25, 0.3) is 0 Å². The van der Waals surface area contributed by atoms with Crippen molar-refractivity contribution in [2.75, 3.05) is 31.7 Å². The number of amides is 1. The molecule has 2 unspecified atom stereocenters. The van der Waals surface area contributed by atoms with Crippen LogP contribution in [0.4, 0.5) is 5.69 Å². The number of nitriles is 1. The predicted molar refractivity (Wildman–Crippen MR) is 117 cm³/mol. The summed E-state index contributed by atoms with van der Waals surface area (Å²) in [5, 5.41) is 12.7. The van der Waals surface area contributed by atoms with E-state index in [2.05, 4.69) is 43.2 Å². The fourth-order valence-corrected chi connectivity index (χ4v) is 4.87. The zero-order valence-electron chi connectivity index (χ0n) is 15.7. The molecular weight excluding hydrogens is 500 g/mol. The molecule has 2 fully saturated rings. The fraction of sp³-hybridized carbons (Fsp3) is 0.364. The Balaban J connectivity index is 1.61. The second-order valence-corrected chi connectivity index (χ2v) is 9.31. The zero-order chi connectivity index (χ0) is 20.5. The Morgan fingerprint density at radius 2 is 1.83 bits per heavy atom. The maximum absolute atomic E-state index is 13.4. The van der Waals surface area contributed by atoms with Crippen molar-refractivity contribution in [3.8, 4) is 6.07 Å². The second-order valence-electron chi connectivity index (χ2n) is 7.54. The summed E-state index contributed by atoms with van der Waals surface area (Å²) in [4.78, 5) is 13.4. The van der Waals surface area contributed by atoms with Crippen molar-refractivity contribution >= 4 is 43.5 Å². The molecule has 0 saturated carbocycles. The third-order valence-corrected chi connectivity index (χ3v) is 6.99. The average molecular weight is 520 g/mol. The Hall–Kier alpha value is -1.72. The van der Waals surface area contributed by atoms with Crippen molar-refractivity contribution < 1.29 is 14.3 Å². The molecule has 0 bridgehead atoms. The molecule has 7 heteroatoms. The summed E-state index contributed by atoms with van der Waals surface area (Å²) in [6.07, 6.45) is 1.30. The minimum atomic E-state index is -0.727. The van der Waals surface area contributed by atoms with E-state index in [1.165, 1.54) is 0 Å². The Kier molecular flexibility index (Phi) is 5.80. The highest BCUT2D eigenvalue weighted by atomic mass is 79.9. The predicted octanol–water partition coefficient (Wildman–Crippen LogP) is 4.69. The molecule has 2 aliphatic heterocycles. The van der Waals surface area contributed by atoms with Gasteiger partial charge in [-0.3, -0.25) is 4.79 Å². The van der Waals surface area contributed by atoms with E-state index in [9.17, 15) is 10.1 Å². The van der Waals surface area contributed by atoms with Crippen LogP contribution in [-0.2, 0) is 25.1 Å². The van der Waals surface area contributed by atoms with Crippen molar-refractivity contribution in [2.24, 2.45) is 0 Å². The van der Waals surface area contributed by atoms with Crippen LogP contribution in [0.1, 0.15) is 24.0 Å². The van der Waals surface area contributed by atoms with E-state index >= 15 is 0 Å². The van der Waals surface area contributed by atoms with Crippen LogP contribution < -0.4 is 5.32 Å². The van der Waals surface area contributed by atoms with Gasteiger partial charge in [0.1, 0.15) is 5.41 Å². The van der Waals surface area contributed by atoms with Crippen LogP contribution in [0, 0.1) is 11.3 Å². The van der Waals surface area contributed by atoms with Crippen LogP contribution in [0.3, 0.4) is 0 Å². The van der Waals surface area contributed by atoms with Gasteiger partial charge in [-0.05, 0) is 64.2 Å². The average Bonchev–Trinajstić information content (AvgIpc) is 3.40. The second kappa shape index (κ2) is 8.19. The summed E-state index contributed by atoms with van der Waals surface area (Å²) >= 11 is 7.06. The first-order chi connectivity index (χ1) is 14.0. The molecule has 0 aliphatic carbocycles. The van der Waals surface area contributed by atoms with Crippen LogP contribution in [-0.4, -0.2) is 32.3 Å². The number of anilines is 1. The minimum Gasteiger partial charge on any atom is -0.380 e. The van der Waals surface area contributed by atoms with Gasteiger partial charge in [0, 0.05) is 22.2 Å². The van der Waals surface area contributed by atoms with Gasteiger partial charge in [-0.2, -0.15) is 5.26 Å². The van der Waals surface area contributed by atoms with Crippen LogP contribution in [0.5, 0.6) is 0 Å². The topological polar surface area (TPSA) is 71.4 Å². The van der Waals surface area contributed by atoms with E-state index in [4.69, 9.17) is 9.47 Å².